The van der Waals surface area contributed by atoms with E-state index < -0.39 is 24.5 Å². The Kier molecular flexibility index (Phi) is 6.64. The van der Waals surface area contributed by atoms with Gasteiger partial charge in [0.25, 0.3) is 11.8 Å². The number of hydrogen-bond acceptors (Lipinski definition) is 2. The molecule has 2 amide bonds. The Morgan fingerprint density at radius 2 is 1.62 bits per heavy atom. The van der Waals surface area contributed by atoms with E-state index in [1.54, 1.807) is 31.2 Å². The predicted octanol–water partition coefficient (Wildman–Crippen LogP) is 5.60. The summed E-state index contributed by atoms with van der Waals surface area (Å²) < 4.78 is 39.0. The summed E-state index contributed by atoms with van der Waals surface area (Å²) in [4.78, 5) is 25.0. The average Bonchev–Trinajstić information content (AvgIpc) is 3.02. The van der Waals surface area contributed by atoms with Gasteiger partial charge in [0.05, 0.1) is 5.56 Å². The first-order chi connectivity index (χ1) is 15.0. The maximum absolute atomic E-state index is 13.0. The van der Waals surface area contributed by atoms with Crippen LogP contribution >= 0.6 is 11.6 Å². The Bertz CT molecular complexity index is 1170. The van der Waals surface area contributed by atoms with Gasteiger partial charge in [-0.15, -0.1) is 0 Å². The standard InChI is InChI=1S/C23H21ClF3N3O2/c1-13-4-5-16(21(31)28-12-23(25,26)27)11-20(13)29-22(32)19-10-14(2)30(15(19)3)18-8-6-17(24)7-9-18/h4-11H,12H2,1-3H3,(H,28,31)(H,29,32). The van der Waals surface area contributed by atoms with Crippen LogP contribution in [0, 0.1) is 20.8 Å². The lowest BCUT2D eigenvalue weighted by Crippen LogP contribution is -2.33. The topological polar surface area (TPSA) is 63.1 Å². The lowest BCUT2D eigenvalue weighted by atomic mass is 10.1. The van der Waals surface area contributed by atoms with E-state index in [4.69, 9.17) is 11.6 Å². The summed E-state index contributed by atoms with van der Waals surface area (Å²) in [5.74, 6) is -1.27. The number of aryl methyl sites for hydroxylation is 2. The van der Waals surface area contributed by atoms with Crippen LogP contribution < -0.4 is 10.6 Å². The van der Waals surface area contributed by atoms with Crippen LogP contribution in [-0.2, 0) is 0 Å². The minimum atomic E-state index is -4.51. The van der Waals surface area contributed by atoms with Gasteiger partial charge in [0.15, 0.2) is 0 Å². The average molecular weight is 464 g/mol. The molecule has 2 N–H and O–H groups in total. The van der Waals surface area contributed by atoms with Crippen LogP contribution in [0.5, 0.6) is 0 Å². The molecule has 0 aliphatic rings. The van der Waals surface area contributed by atoms with Gasteiger partial charge in [0.1, 0.15) is 6.54 Å². The third kappa shape index (κ3) is 5.31. The Morgan fingerprint density at radius 3 is 2.25 bits per heavy atom. The summed E-state index contributed by atoms with van der Waals surface area (Å²) in [5.41, 5.74) is 3.85. The van der Waals surface area contributed by atoms with Crippen molar-refractivity contribution in [3.8, 4) is 5.69 Å². The van der Waals surface area contributed by atoms with Gasteiger partial charge in [0.2, 0.25) is 0 Å². The van der Waals surface area contributed by atoms with Gasteiger partial charge in [0, 0.05) is 33.3 Å². The predicted molar refractivity (Wildman–Crippen MR) is 118 cm³/mol. The fourth-order valence-corrected chi connectivity index (χ4v) is 3.48. The number of carbonyl (C=O) groups excluding carboxylic acids is 2. The fraction of sp³-hybridized carbons (Fsp3) is 0.217. The Balaban J connectivity index is 1.84. The van der Waals surface area contributed by atoms with E-state index in [9.17, 15) is 22.8 Å². The van der Waals surface area contributed by atoms with Gasteiger partial charge in [-0.2, -0.15) is 13.2 Å². The number of rotatable bonds is 5. The number of alkyl halides is 3. The van der Waals surface area contributed by atoms with Crippen molar-refractivity contribution in [3.05, 3.63) is 81.6 Å². The lowest BCUT2D eigenvalue weighted by molar-refractivity contribution is -0.123. The highest BCUT2D eigenvalue weighted by Gasteiger charge is 2.28. The molecule has 1 heterocycles. The second-order valence-electron chi connectivity index (χ2n) is 7.38. The van der Waals surface area contributed by atoms with Crippen molar-refractivity contribution in [2.24, 2.45) is 0 Å². The molecule has 0 unspecified atom stereocenters. The van der Waals surface area contributed by atoms with Crippen molar-refractivity contribution in [2.45, 2.75) is 26.9 Å². The van der Waals surface area contributed by atoms with Crippen LogP contribution in [-0.4, -0.2) is 29.1 Å². The molecule has 0 aliphatic carbocycles. The van der Waals surface area contributed by atoms with Gasteiger partial charge in [-0.3, -0.25) is 9.59 Å². The largest absolute Gasteiger partial charge is 0.405 e. The molecular weight excluding hydrogens is 443 g/mol. The second-order valence-corrected chi connectivity index (χ2v) is 7.81. The molecule has 2 aromatic carbocycles. The molecule has 168 valence electrons. The van der Waals surface area contributed by atoms with E-state index >= 15 is 0 Å². The van der Waals surface area contributed by atoms with Crippen molar-refractivity contribution < 1.29 is 22.8 Å². The molecule has 9 heteroatoms. The molecule has 32 heavy (non-hydrogen) atoms. The van der Waals surface area contributed by atoms with Gasteiger partial charge < -0.3 is 15.2 Å². The zero-order valence-corrected chi connectivity index (χ0v) is 18.4. The first kappa shape index (κ1) is 23.4. The van der Waals surface area contributed by atoms with E-state index in [2.05, 4.69) is 5.32 Å². The van der Waals surface area contributed by atoms with Crippen LogP contribution in [0.3, 0.4) is 0 Å². The molecule has 0 bridgehead atoms. The summed E-state index contributed by atoms with van der Waals surface area (Å²) >= 11 is 5.96. The smallest absolute Gasteiger partial charge is 0.343 e. The van der Waals surface area contributed by atoms with Crippen LogP contribution in [0.1, 0.15) is 37.7 Å². The van der Waals surface area contributed by atoms with E-state index in [1.165, 1.54) is 12.1 Å². The maximum Gasteiger partial charge on any atom is 0.405 e. The zero-order chi connectivity index (χ0) is 23.6. The molecule has 0 fully saturated rings. The molecule has 1 aromatic heterocycles. The number of hydrogen-bond donors (Lipinski definition) is 2. The number of anilines is 1. The number of benzene rings is 2. The number of nitrogens with one attached hydrogen (secondary N) is 2. The molecule has 0 saturated carbocycles. The molecule has 0 aliphatic heterocycles. The third-order valence-electron chi connectivity index (χ3n) is 4.96. The molecule has 5 nitrogen and oxygen atoms in total. The number of halogens is 4. The monoisotopic (exact) mass is 463 g/mol. The molecule has 0 saturated heterocycles. The first-order valence-electron chi connectivity index (χ1n) is 9.68. The van der Waals surface area contributed by atoms with Gasteiger partial charge in [-0.25, -0.2) is 0 Å². The number of carbonyl (C=O) groups is 2. The highest BCUT2D eigenvalue weighted by Crippen LogP contribution is 2.24. The third-order valence-corrected chi connectivity index (χ3v) is 5.21. The van der Waals surface area contributed by atoms with Gasteiger partial charge in [-0.1, -0.05) is 17.7 Å². The lowest BCUT2D eigenvalue weighted by Gasteiger charge is -2.13. The number of amides is 2. The van der Waals surface area contributed by atoms with Crippen LogP contribution in [0.15, 0.2) is 48.5 Å². The van der Waals surface area contributed by atoms with Crippen LogP contribution in [0.25, 0.3) is 5.69 Å². The highest BCUT2D eigenvalue weighted by atomic mass is 35.5. The minimum Gasteiger partial charge on any atom is -0.343 e. The van der Waals surface area contributed by atoms with Gasteiger partial charge in [-0.05, 0) is 68.8 Å². The molecule has 0 atom stereocenters. The summed E-state index contributed by atoms with van der Waals surface area (Å²) in [6.07, 6.45) is -4.51. The van der Waals surface area contributed by atoms with E-state index in [0.717, 1.165) is 11.4 Å². The molecular formula is C23H21ClF3N3O2. The second kappa shape index (κ2) is 9.08. The Labute approximate surface area is 188 Å². The summed E-state index contributed by atoms with van der Waals surface area (Å²) in [7, 11) is 0. The van der Waals surface area contributed by atoms with E-state index in [-0.39, 0.29) is 5.56 Å². The first-order valence-corrected chi connectivity index (χ1v) is 10.1. The van der Waals surface area contributed by atoms with Crippen LogP contribution in [0.4, 0.5) is 18.9 Å². The maximum atomic E-state index is 13.0. The minimum absolute atomic E-state index is 0.0155. The van der Waals surface area contributed by atoms with Crippen molar-refractivity contribution in [1.29, 1.82) is 0 Å². The quantitative estimate of drug-likeness (QED) is 0.517. The van der Waals surface area contributed by atoms with E-state index in [0.29, 0.717) is 27.5 Å². The summed E-state index contributed by atoms with van der Waals surface area (Å²) in [5, 5.41) is 5.18. The normalized spacial score (nSPS) is 11.3. The number of nitrogens with zero attached hydrogens (tertiary/aromatic N) is 1. The van der Waals surface area contributed by atoms with Crippen LogP contribution in [0.2, 0.25) is 5.02 Å². The molecule has 0 spiro atoms. The highest BCUT2D eigenvalue weighted by molar-refractivity contribution is 6.30. The number of aromatic nitrogens is 1. The van der Waals surface area contributed by atoms with Gasteiger partial charge >= 0.3 is 6.18 Å². The van der Waals surface area contributed by atoms with E-state index in [1.807, 2.05) is 35.9 Å². The zero-order valence-electron chi connectivity index (χ0n) is 17.6. The van der Waals surface area contributed by atoms with Crippen molar-refractivity contribution in [3.63, 3.8) is 0 Å². The summed E-state index contributed by atoms with van der Waals surface area (Å²) in [6.45, 7) is 3.97. The molecule has 3 rings (SSSR count). The molecule has 3 aromatic rings. The van der Waals surface area contributed by atoms with Crippen molar-refractivity contribution >= 4 is 29.1 Å². The van der Waals surface area contributed by atoms with Crippen molar-refractivity contribution in [1.82, 2.24) is 9.88 Å². The Hall–Kier alpha value is -3.26. The molecule has 0 radical (unpaired) electrons. The SMILES string of the molecule is Cc1ccc(C(=O)NCC(F)(F)F)cc1NC(=O)c1cc(C)n(-c2ccc(Cl)cc2)c1C. The van der Waals surface area contributed by atoms with Crippen molar-refractivity contribution in [2.75, 3.05) is 11.9 Å². The fourth-order valence-electron chi connectivity index (χ4n) is 3.35. The Morgan fingerprint density at radius 1 is 0.969 bits per heavy atom. The summed E-state index contributed by atoms with van der Waals surface area (Å²) in [6, 6.07) is 13.3.